The topological polar surface area (TPSA) is 231 Å². The number of hydrogen-bond donors (Lipinski definition) is 4. The van der Waals surface area contributed by atoms with E-state index in [1.165, 1.54) is 89.9 Å². The van der Waals surface area contributed by atoms with E-state index in [-0.39, 0.29) is 19.3 Å². The number of ether oxygens (including phenoxy) is 3. The highest BCUT2D eigenvalue weighted by Crippen LogP contribution is 2.45. The average molecular weight is 1300 g/mol. The van der Waals surface area contributed by atoms with Crippen molar-refractivity contribution in [1.29, 1.82) is 0 Å². The Morgan fingerprint density at radius 3 is 0.966 bits per heavy atom. The maximum absolute atomic E-state index is 12.9. The van der Waals surface area contributed by atoms with E-state index in [2.05, 4.69) is 106 Å². The summed E-state index contributed by atoms with van der Waals surface area (Å²) in [6.45, 7) is 2.52. The zero-order valence-electron chi connectivity index (χ0n) is 55.8. The molecule has 0 aliphatic rings. The van der Waals surface area contributed by atoms with Gasteiger partial charge in [0.2, 0.25) is 0 Å². The molecule has 0 aliphatic heterocycles. The summed E-state index contributed by atoms with van der Waals surface area (Å²) >= 11 is 0. The molecule has 0 bridgehead atoms. The lowest BCUT2D eigenvalue weighted by Gasteiger charge is -2.21. The Bertz CT molecular complexity index is 1970. The number of phosphoric ester groups is 2. The number of phosphoric acid groups is 2. The van der Waals surface area contributed by atoms with Crippen LogP contribution >= 0.6 is 15.6 Å². The van der Waals surface area contributed by atoms with E-state index in [0.29, 0.717) is 19.3 Å². The van der Waals surface area contributed by atoms with Crippen LogP contribution in [-0.4, -0.2) is 95.9 Å². The van der Waals surface area contributed by atoms with Crippen LogP contribution in [0.15, 0.2) is 85.1 Å². The number of carbonyl (C=O) groups excluding carboxylic acids is 3. The summed E-state index contributed by atoms with van der Waals surface area (Å²) in [5.41, 5.74) is 0. The van der Waals surface area contributed by atoms with Crippen molar-refractivity contribution in [2.75, 3.05) is 39.6 Å². The number of esters is 3. The molecule has 5 atom stereocenters. The molecule has 0 radical (unpaired) electrons. The van der Waals surface area contributed by atoms with Gasteiger partial charge in [0, 0.05) is 19.3 Å². The molecule has 0 spiro atoms. The summed E-state index contributed by atoms with van der Waals surface area (Å²) in [4.78, 5) is 58.4. The molecule has 0 heterocycles. The predicted molar refractivity (Wildman–Crippen MR) is 362 cm³/mol. The van der Waals surface area contributed by atoms with Gasteiger partial charge in [-0.1, -0.05) is 260 Å². The Balaban J connectivity index is 4.60. The molecule has 0 aromatic rings. The van der Waals surface area contributed by atoms with Crippen molar-refractivity contribution in [3.8, 4) is 0 Å². The van der Waals surface area contributed by atoms with Crippen LogP contribution in [0.4, 0.5) is 0 Å². The maximum atomic E-state index is 12.9. The van der Waals surface area contributed by atoms with Gasteiger partial charge in [-0.2, -0.15) is 0 Å². The smallest absolute Gasteiger partial charge is 0.463 e. The maximum Gasteiger partial charge on any atom is 0.472 e. The van der Waals surface area contributed by atoms with Gasteiger partial charge in [0.05, 0.1) is 26.4 Å². The van der Waals surface area contributed by atoms with Crippen LogP contribution in [0.2, 0.25) is 0 Å². The van der Waals surface area contributed by atoms with E-state index in [9.17, 15) is 43.5 Å². The Labute approximate surface area is 540 Å². The van der Waals surface area contributed by atoms with Crippen LogP contribution < -0.4 is 0 Å². The summed E-state index contributed by atoms with van der Waals surface area (Å²) < 4.78 is 60.9. The molecule has 0 saturated carbocycles. The standard InChI is InChI=1S/C71H126O16P2/c1-4-7-10-13-16-19-22-25-28-29-30-31-32-33-34-35-38-40-42-45-48-51-54-57-69(74)81-60-66(72)61-83-88(77,78)84-62-67(73)63-85-89(79,80)86-65-68(87-71(76)59-56-53-50-47-44-41-37-27-24-21-18-15-12-9-6-3)64-82-70(75)58-55-52-49-46-43-39-36-26-23-20-17-14-11-8-5-2/h8,11,16-17,19-20,25-26,28,30-31,33-34,36,66-68,72-73H,4-7,9-10,12-15,18,21-24,27,29,32,35,37-65H2,1-3H3,(H,77,78)(H,79,80)/b11-8-,19-16-,20-17-,28-25-,31-30-,34-33-,36-26-. The number of aliphatic hydroxyl groups excluding tert-OH is 2. The average Bonchev–Trinajstić information content (AvgIpc) is 3.72. The molecule has 0 amide bonds. The molecule has 89 heavy (non-hydrogen) atoms. The Kier molecular flexibility index (Phi) is 62.4. The zero-order valence-corrected chi connectivity index (χ0v) is 57.6. The van der Waals surface area contributed by atoms with Crippen molar-refractivity contribution in [2.24, 2.45) is 0 Å². The lowest BCUT2D eigenvalue weighted by molar-refractivity contribution is -0.161. The molecule has 0 fully saturated rings. The largest absolute Gasteiger partial charge is 0.472 e. The number of hydrogen-bond acceptors (Lipinski definition) is 14. The van der Waals surface area contributed by atoms with Gasteiger partial charge < -0.3 is 34.2 Å². The van der Waals surface area contributed by atoms with E-state index in [4.69, 9.17) is 32.3 Å². The fraction of sp³-hybridized carbons (Fsp3) is 0.761. The minimum absolute atomic E-state index is 0.104. The summed E-state index contributed by atoms with van der Waals surface area (Å²) in [6, 6.07) is 0. The van der Waals surface area contributed by atoms with Gasteiger partial charge in [0.1, 0.15) is 25.4 Å². The van der Waals surface area contributed by atoms with Crippen molar-refractivity contribution >= 4 is 33.6 Å². The lowest BCUT2D eigenvalue weighted by Crippen LogP contribution is -2.30. The van der Waals surface area contributed by atoms with Crippen molar-refractivity contribution in [1.82, 2.24) is 0 Å². The normalized spacial score (nSPS) is 14.7. The molecule has 0 aromatic heterocycles. The Hall–Kier alpha value is -3.27. The molecule has 5 unspecified atom stereocenters. The third kappa shape index (κ3) is 66.0. The van der Waals surface area contributed by atoms with Gasteiger partial charge in [-0.05, 0) is 96.3 Å². The Morgan fingerprint density at radius 1 is 0.326 bits per heavy atom. The number of rotatable bonds is 66. The first-order chi connectivity index (χ1) is 43.2. The number of unbranched alkanes of at least 4 members (excludes halogenated alkanes) is 29. The fourth-order valence-corrected chi connectivity index (χ4v) is 10.9. The molecule has 4 N–H and O–H groups in total. The van der Waals surface area contributed by atoms with E-state index in [0.717, 1.165) is 141 Å². The number of allylic oxidation sites excluding steroid dienone is 14. The first-order valence-electron chi connectivity index (χ1n) is 34.9. The highest BCUT2D eigenvalue weighted by molar-refractivity contribution is 7.47. The predicted octanol–water partition coefficient (Wildman–Crippen LogP) is 19.3. The van der Waals surface area contributed by atoms with Crippen molar-refractivity contribution in [3.63, 3.8) is 0 Å². The Morgan fingerprint density at radius 2 is 0.596 bits per heavy atom. The molecular formula is C71H126O16P2. The second-order valence-corrected chi connectivity index (χ2v) is 26.2. The van der Waals surface area contributed by atoms with Crippen LogP contribution in [0.1, 0.15) is 290 Å². The molecule has 0 saturated heterocycles. The quantitative estimate of drug-likeness (QED) is 0.0146. The molecule has 16 nitrogen and oxygen atoms in total. The van der Waals surface area contributed by atoms with Gasteiger partial charge in [-0.3, -0.25) is 32.5 Å². The van der Waals surface area contributed by atoms with Gasteiger partial charge in [-0.25, -0.2) is 9.13 Å². The molecule has 0 rings (SSSR count). The lowest BCUT2D eigenvalue weighted by atomic mass is 10.0. The summed E-state index contributed by atoms with van der Waals surface area (Å²) in [5.74, 6) is -1.59. The van der Waals surface area contributed by atoms with E-state index >= 15 is 0 Å². The highest BCUT2D eigenvalue weighted by Gasteiger charge is 2.29. The third-order valence-corrected chi connectivity index (χ3v) is 16.5. The van der Waals surface area contributed by atoms with Crippen LogP contribution in [0.5, 0.6) is 0 Å². The van der Waals surface area contributed by atoms with Crippen molar-refractivity contribution in [3.05, 3.63) is 85.1 Å². The summed E-state index contributed by atoms with van der Waals surface area (Å²) in [6.07, 6.45) is 69.2. The minimum atomic E-state index is -4.92. The van der Waals surface area contributed by atoms with E-state index in [1.54, 1.807) is 0 Å². The van der Waals surface area contributed by atoms with E-state index < -0.39 is 91.5 Å². The molecule has 516 valence electrons. The van der Waals surface area contributed by atoms with Crippen molar-refractivity contribution in [2.45, 2.75) is 309 Å². The van der Waals surface area contributed by atoms with Crippen LogP contribution in [0, 0.1) is 0 Å². The van der Waals surface area contributed by atoms with Gasteiger partial charge in [0.25, 0.3) is 0 Å². The minimum Gasteiger partial charge on any atom is -0.463 e. The van der Waals surface area contributed by atoms with Gasteiger partial charge in [-0.15, -0.1) is 0 Å². The first-order valence-corrected chi connectivity index (χ1v) is 37.9. The second kappa shape index (κ2) is 64.8. The molecular weight excluding hydrogens is 1170 g/mol. The van der Waals surface area contributed by atoms with Crippen LogP contribution in [0.3, 0.4) is 0 Å². The zero-order chi connectivity index (χ0) is 65.3. The molecule has 18 heteroatoms. The molecule has 0 aromatic carbocycles. The summed E-state index contributed by atoms with van der Waals surface area (Å²) in [7, 11) is -9.78. The monoisotopic (exact) mass is 1300 g/mol. The fourth-order valence-electron chi connectivity index (χ4n) is 9.27. The molecule has 0 aliphatic carbocycles. The van der Waals surface area contributed by atoms with Gasteiger partial charge in [0.15, 0.2) is 6.10 Å². The van der Waals surface area contributed by atoms with Crippen molar-refractivity contribution < 1.29 is 75.8 Å². The van der Waals surface area contributed by atoms with Gasteiger partial charge >= 0.3 is 33.6 Å². The van der Waals surface area contributed by atoms with Crippen LogP contribution in [-0.2, 0) is 55.8 Å². The second-order valence-electron chi connectivity index (χ2n) is 23.3. The van der Waals surface area contributed by atoms with E-state index in [1.807, 2.05) is 0 Å². The SMILES string of the molecule is CC/C=C\C/C=C\C/C=C\CCCCCCCC(=O)OCC(COP(=O)(O)OCC(O)COP(=O)(O)OCC(O)COC(=O)CCCCCCCCC/C=C\C/C=C\C/C=C\C/C=C\CCCCC)OC(=O)CCCCCCCCCCCCCCCCC. The first kappa shape index (κ1) is 85.7. The highest BCUT2D eigenvalue weighted by atomic mass is 31.2. The summed E-state index contributed by atoms with van der Waals surface area (Å²) in [5, 5.41) is 20.6. The number of carbonyl (C=O) groups is 3. The van der Waals surface area contributed by atoms with Crippen LogP contribution in [0.25, 0.3) is 0 Å². The third-order valence-electron chi connectivity index (χ3n) is 14.6. The number of aliphatic hydroxyl groups is 2.